The van der Waals surface area contributed by atoms with E-state index in [1.54, 1.807) is 19.5 Å². The van der Waals surface area contributed by atoms with Crippen LogP contribution >= 0.6 is 0 Å². The van der Waals surface area contributed by atoms with Crippen molar-refractivity contribution < 1.29 is 4.74 Å². The van der Waals surface area contributed by atoms with Gasteiger partial charge in [0.2, 0.25) is 5.88 Å². The topological polar surface area (TPSA) is 73.1 Å². The van der Waals surface area contributed by atoms with Crippen LogP contribution in [0.15, 0.2) is 12.4 Å². The highest BCUT2D eigenvalue weighted by molar-refractivity contribution is 5.25. The monoisotopic (exact) mass is 288 g/mol. The second kappa shape index (κ2) is 4.92. The van der Waals surface area contributed by atoms with Crippen molar-refractivity contribution in [3.05, 3.63) is 18.1 Å². The Morgan fingerprint density at radius 1 is 1.14 bits per heavy atom. The van der Waals surface area contributed by atoms with Crippen LogP contribution in [0, 0.1) is 23.2 Å². The molecule has 0 amide bonds. The van der Waals surface area contributed by atoms with Gasteiger partial charge in [0.15, 0.2) is 0 Å². The Bertz CT molecular complexity index is 497. The standard InChI is InChI=1S/C16H24N4O/c1-21-15-13(18-2-3-19-15)14(20-17)16-7-10-4-11(8-16)6-12(5-10)9-16/h2-3,10-12,14,20H,4-9,17H2,1H3. The number of ether oxygens (including phenoxy) is 1. The van der Waals surface area contributed by atoms with Crippen LogP contribution in [0.5, 0.6) is 5.88 Å². The maximum atomic E-state index is 5.98. The molecule has 5 rings (SSSR count). The van der Waals surface area contributed by atoms with Crippen molar-refractivity contribution in [1.29, 1.82) is 0 Å². The van der Waals surface area contributed by atoms with Gasteiger partial charge in [0.25, 0.3) is 0 Å². The minimum absolute atomic E-state index is 0.0505. The number of rotatable bonds is 4. The fourth-order valence-corrected chi connectivity index (χ4v) is 5.77. The molecule has 0 saturated heterocycles. The maximum Gasteiger partial charge on any atom is 0.237 e. The first-order valence-corrected chi connectivity index (χ1v) is 8.05. The SMILES string of the molecule is COc1nccnc1C(NN)C12CC3CC(CC(C3)C1)C2. The number of nitrogens with zero attached hydrogens (tertiary/aromatic N) is 2. The van der Waals surface area contributed by atoms with E-state index in [4.69, 9.17) is 10.6 Å². The van der Waals surface area contributed by atoms with E-state index in [1.807, 2.05) is 0 Å². The minimum atomic E-state index is 0.0505. The molecule has 4 aliphatic rings. The lowest BCUT2D eigenvalue weighted by Gasteiger charge is -2.59. The Morgan fingerprint density at radius 3 is 2.24 bits per heavy atom. The van der Waals surface area contributed by atoms with Gasteiger partial charge in [0.05, 0.1) is 13.2 Å². The molecule has 21 heavy (non-hydrogen) atoms. The molecule has 0 aliphatic heterocycles. The summed E-state index contributed by atoms with van der Waals surface area (Å²) in [4.78, 5) is 8.86. The number of aromatic nitrogens is 2. The van der Waals surface area contributed by atoms with E-state index < -0.39 is 0 Å². The fraction of sp³-hybridized carbons (Fsp3) is 0.750. The third kappa shape index (κ3) is 2.06. The summed E-state index contributed by atoms with van der Waals surface area (Å²) >= 11 is 0. The first-order valence-electron chi connectivity index (χ1n) is 8.05. The number of nitrogens with one attached hydrogen (secondary N) is 1. The number of hydrogen-bond donors (Lipinski definition) is 2. The average Bonchev–Trinajstić information content (AvgIpc) is 2.47. The normalized spacial score (nSPS) is 38.5. The lowest BCUT2D eigenvalue weighted by Crippen LogP contribution is -2.53. The van der Waals surface area contributed by atoms with Gasteiger partial charge < -0.3 is 4.74 Å². The molecule has 5 nitrogen and oxygen atoms in total. The lowest BCUT2D eigenvalue weighted by molar-refractivity contribution is -0.0761. The molecule has 114 valence electrons. The summed E-state index contributed by atoms with van der Waals surface area (Å²) in [6.45, 7) is 0. The molecule has 1 aromatic rings. The molecule has 1 atom stereocenters. The van der Waals surface area contributed by atoms with Crippen molar-refractivity contribution in [2.75, 3.05) is 7.11 Å². The Morgan fingerprint density at radius 2 is 1.71 bits per heavy atom. The number of hydrazine groups is 1. The minimum Gasteiger partial charge on any atom is -0.480 e. The third-order valence-electron chi connectivity index (χ3n) is 6.02. The fourth-order valence-electron chi connectivity index (χ4n) is 5.77. The molecule has 3 N–H and O–H groups in total. The second-order valence-corrected chi connectivity index (χ2v) is 7.33. The summed E-state index contributed by atoms with van der Waals surface area (Å²) in [5, 5.41) is 0. The highest BCUT2D eigenvalue weighted by Crippen LogP contribution is 2.64. The van der Waals surface area contributed by atoms with Gasteiger partial charge in [0.1, 0.15) is 5.69 Å². The van der Waals surface area contributed by atoms with Gasteiger partial charge in [-0.05, 0) is 61.7 Å². The summed E-state index contributed by atoms with van der Waals surface area (Å²) in [5.74, 6) is 9.24. The van der Waals surface area contributed by atoms with Crippen LogP contribution in [0.3, 0.4) is 0 Å². The van der Waals surface area contributed by atoms with Crippen molar-refractivity contribution in [2.45, 2.75) is 44.6 Å². The molecule has 0 aromatic carbocycles. The molecule has 1 unspecified atom stereocenters. The molecule has 0 spiro atoms. The van der Waals surface area contributed by atoms with E-state index in [2.05, 4.69) is 15.4 Å². The van der Waals surface area contributed by atoms with Gasteiger partial charge in [-0.1, -0.05) is 0 Å². The summed E-state index contributed by atoms with van der Waals surface area (Å²) < 4.78 is 5.42. The third-order valence-corrected chi connectivity index (χ3v) is 6.02. The van der Waals surface area contributed by atoms with Crippen LogP contribution in [0.1, 0.15) is 50.3 Å². The molecular weight excluding hydrogens is 264 g/mol. The van der Waals surface area contributed by atoms with E-state index in [1.165, 1.54) is 38.5 Å². The van der Waals surface area contributed by atoms with Crippen LogP contribution in [0.25, 0.3) is 0 Å². The predicted octanol–water partition coefficient (Wildman–Crippen LogP) is 2.21. The van der Waals surface area contributed by atoms with Crippen LogP contribution < -0.4 is 16.0 Å². The number of methoxy groups -OCH3 is 1. The van der Waals surface area contributed by atoms with Crippen LogP contribution in [0.2, 0.25) is 0 Å². The van der Waals surface area contributed by atoms with Gasteiger partial charge in [-0.2, -0.15) is 0 Å². The van der Waals surface area contributed by atoms with Crippen LogP contribution in [0.4, 0.5) is 0 Å². The summed E-state index contributed by atoms with van der Waals surface area (Å²) in [6.07, 6.45) is 11.5. The van der Waals surface area contributed by atoms with E-state index in [0.29, 0.717) is 5.88 Å². The largest absolute Gasteiger partial charge is 0.480 e. The van der Waals surface area contributed by atoms with Gasteiger partial charge in [-0.25, -0.2) is 4.98 Å². The summed E-state index contributed by atoms with van der Waals surface area (Å²) in [5.41, 5.74) is 4.19. The molecule has 4 fully saturated rings. The van der Waals surface area contributed by atoms with Crippen LogP contribution in [-0.4, -0.2) is 17.1 Å². The molecule has 0 radical (unpaired) electrons. The molecular formula is C16H24N4O. The van der Waals surface area contributed by atoms with Crippen molar-refractivity contribution in [2.24, 2.45) is 29.0 Å². The summed E-state index contributed by atoms with van der Waals surface area (Å²) in [6, 6.07) is 0.0505. The number of hydrogen-bond acceptors (Lipinski definition) is 5. The average molecular weight is 288 g/mol. The van der Waals surface area contributed by atoms with Crippen LogP contribution in [-0.2, 0) is 0 Å². The van der Waals surface area contributed by atoms with E-state index in [9.17, 15) is 0 Å². The molecule has 1 aromatic heterocycles. The molecule has 1 heterocycles. The Balaban J connectivity index is 1.72. The Hall–Kier alpha value is -1.20. The summed E-state index contributed by atoms with van der Waals surface area (Å²) in [7, 11) is 1.65. The van der Waals surface area contributed by atoms with Crippen molar-refractivity contribution in [3.63, 3.8) is 0 Å². The zero-order valence-corrected chi connectivity index (χ0v) is 12.6. The van der Waals surface area contributed by atoms with Gasteiger partial charge in [0, 0.05) is 12.4 Å². The molecule has 5 heteroatoms. The van der Waals surface area contributed by atoms with Crippen molar-refractivity contribution in [1.82, 2.24) is 15.4 Å². The van der Waals surface area contributed by atoms with Gasteiger partial charge in [-0.15, -0.1) is 0 Å². The highest BCUT2D eigenvalue weighted by Gasteiger charge is 2.55. The number of nitrogens with two attached hydrogens (primary N) is 1. The Labute approximate surface area is 125 Å². The molecule has 4 aliphatic carbocycles. The zero-order chi connectivity index (χ0) is 14.4. The van der Waals surface area contributed by atoms with Gasteiger partial charge >= 0.3 is 0 Å². The quantitative estimate of drug-likeness (QED) is 0.656. The van der Waals surface area contributed by atoms with E-state index >= 15 is 0 Å². The van der Waals surface area contributed by atoms with E-state index in [0.717, 1.165) is 23.4 Å². The first-order chi connectivity index (χ1) is 10.2. The lowest BCUT2D eigenvalue weighted by atomic mass is 9.47. The highest BCUT2D eigenvalue weighted by atomic mass is 16.5. The Kier molecular flexibility index (Phi) is 3.15. The zero-order valence-electron chi connectivity index (χ0n) is 12.6. The molecule has 4 bridgehead atoms. The van der Waals surface area contributed by atoms with Crippen molar-refractivity contribution in [3.8, 4) is 5.88 Å². The van der Waals surface area contributed by atoms with Crippen molar-refractivity contribution >= 4 is 0 Å². The first kappa shape index (κ1) is 13.5. The molecule has 4 saturated carbocycles. The van der Waals surface area contributed by atoms with Gasteiger partial charge in [-0.3, -0.25) is 16.3 Å². The van der Waals surface area contributed by atoms with E-state index in [-0.39, 0.29) is 11.5 Å². The smallest absolute Gasteiger partial charge is 0.237 e. The second-order valence-electron chi connectivity index (χ2n) is 7.33. The maximum absolute atomic E-state index is 5.98. The predicted molar refractivity (Wildman–Crippen MR) is 79.3 cm³/mol.